The number of aliphatic hydroxyl groups excluding tert-OH is 1. The Morgan fingerprint density at radius 1 is 1.17 bits per heavy atom. The van der Waals surface area contributed by atoms with Gasteiger partial charge in [-0.05, 0) is 43.0 Å². The molecule has 3 heterocycles. The summed E-state index contributed by atoms with van der Waals surface area (Å²) < 4.78 is 0. The molecule has 1 aliphatic heterocycles. The van der Waals surface area contributed by atoms with Crippen molar-refractivity contribution in [2.24, 2.45) is 5.92 Å². The van der Waals surface area contributed by atoms with E-state index < -0.39 is 0 Å². The number of piperidine rings is 1. The Labute approximate surface area is 135 Å². The van der Waals surface area contributed by atoms with Crippen LogP contribution >= 0.6 is 0 Å². The molecule has 2 aromatic heterocycles. The van der Waals surface area contributed by atoms with Gasteiger partial charge in [0.2, 0.25) is 0 Å². The lowest BCUT2D eigenvalue weighted by Crippen LogP contribution is -2.36. The Morgan fingerprint density at radius 3 is 2.65 bits per heavy atom. The maximum absolute atomic E-state index is 12.3. The van der Waals surface area contributed by atoms with Gasteiger partial charge in [-0.3, -0.25) is 9.78 Å². The lowest BCUT2D eigenvalue weighted by Gasteiger charge is -2.33. The van der Waals surface area contributed by atoms with E-state index in [4.69, 9.17) is 0 Å². The number of nitrogens with one attached hydrogen (secondary N) is 1. The van der Waals surface area contributed by atoms with Gasteiger partial charge in [0.15, 0.2) is 5.82 Å². The largest absolute Gasteiger partial charge is 0.396 e. The van der Waals surface area contributed by atoms with Crippen LogP contribution in [0.3, 0.4) is 0 Å². The molecule has 6 heteroatoms. The van der Waals surface area contributed by atoms with E-state index in [0.29, 0.717) is 17.3 Å². The van der Waals surface area contributed by atoms with Gasteiger partial charge < -0.3 is 15.3 Å². The summed E-state index contributed by atoms with van der Waals surface area (Å²) in [4.78, 5) is 22.9. The summed E-state index contributed by atoms with van der Waals surface area (Å²) in [6.07, 6.45) is 5.18. The minimum absolute atomic E-state index is 0.235. The van der Waals surface area contributed by atoms with Gasteiger partial charge in [-0.15, -0.1) is 0 Å². The van der Waals surface area contributed by atoms with Crippen LogP contribution in [0, 0.1) is 5.92 Å². The Balaban J connectivity index is 1.75. The van der Waals surface area contributed by atoms with Crippen LogP contribution in [-0.2, 0) is 0 Å². The molecule has 0 radical (unpaired) electrons. The average molecular weight is 312 g/mol. The van der Waals surface area contributed by atoms with E-state index in [9.17, 15) is 9.90 Å². The average Bonchev–Trinajstić information content (AvgIpc) is 2.63. The van der Waals surface area contributed by atoms with E-state index in [2.05, 4.69) is 20.2 Å². The number of aromatic nitrogens is 2. The smallest absolute Gasteiger partial charge is 0.274 e. The van der Waals surface area contributed by atoms with Crippen LogP contribution in [0.5, 0.6) is 0 Å². The summed E-state index contributed by atoms with van der Waals surface area (Å²) >= 11 is 0. The van der Waals surface area contributed by atoms with Crippen LogP contribution in [0.4, 0.5) is 11.5 Å². The zero-order valence-corrected chi connectivity index (χ0v) is 12.9. The predicted molar refractivity (Wildman–Crippen MR) is 88.5 cm³/mol. The first-order chi connectivity index (χ1) is 11.3. The molecule has 0 atom stereocenters. The summed E-state index contributed by atoms with van der Waals surface area (Å²) in [7, 11) is 0. The molecule has 1 saturated heterocycles. The van der Waals surface area contributed by atoms with E-state index in [1.807, 2.05) is 6.07 Å². The number of amides is 1. The molecule has 0 bridgehead atoms. The fourth-order valence-corrected chi connectivity index (χ4v) is 2.76. The number of aliphatic hydroxyl groups is 1. The van der Waals surface area contributed by atoms with Crippen molar-refractivity contribution >= 4 is 17.4 Å². The van der Waals surface area contributed by atoms with Crippen molar-refractivity contribution < 1.29 is 9.90 Å². The van der Waals surface area contributed by atoms with Crippen LogP contribution in [0.2, 0.25) is 0 Å². The molecule has 6 nitrogen and oxygen atoms in total. The minimum Gasteiger partial charge on any atom is -0.396 e. The summed E-state index contributed by atoms with van der Waals surface area (Å²) in [6.45, 7) is 1.89. The van der Waals surface area contributed by atoms with E-state index in [0.717, 1.165) is 31.7 Å². The molecule has 3 rings (SSSR count). The summed E-state index contributed by atoms with van der Waals surface area (Å²) in [5.41, 5.74) is 1.06. The molecule has 0 spiro atoms. The number of carbonyl (C=O) groups excluding carboxylic acids is 1. The second kappa shape index (κ2) is 7.19. The zero-order chi connectivity index (χ0) is 16.1. The van der Waals surface area contributed by atoms with Crippen LogP contribution in [0.15, 0.2) is 42.7 Å². The molecule has 0 saturated carbocycles. The van der Waals surface area contributed by atoms with E-state index in [-0.39, 0.29) is 12.5 Å². The first-order valence-corrected chi connectivity index (χ1v) is 7.81. The second-order valence-corrected chi connectivity index (χ2v) is 5.66. The summed E-state index contributed by atoms with van der Waals surface area (Å²) in [6, 6.07) is 8.89. The molecule has 1 amide bonds. The fraction of sp³-hybridized carbons (Fsp3) is 0.353. The zero-order valence-electron chi connectivity index (χ0n) is 12.9. The third-order valence-corrected chi connectivity index (χ3v) is 4.10. The Kier molecular flexibility index (Phi) is 4.83. The molecule has 0 unspecified atom stereocenters. The van der Waals surface area contributed by atoms with E-state index >= 15 is 0 Å². The van der Waals surface area contributed by atoms with Crippen molar-refractivity contribution in [1.82, 2.24) is 9.97 Å². The number of anilines is 2. The molecule has 0 aliphatic carbocycles. The second-order valence-electron chi connectivity index (χ2n) is 5.66. The number of hydrogen-bond acceptors (Lipinski definition) is 5. The van der Waals surface area contributed by atoms with Crippen LogP contribution in [0.25, 0.3) is 0 Å². The lowest BCUT2D eigenvalue weighted by molar-refractivity contribution is 0.102. The van der Waals surface area contributed by atoms with Crippen molar-refractivity contribution in [2.75, 3.05) is 29.9 Å². The number of carbonyl (C=O) groups is 1. The first kappa shape index (κ1) is 15.4. The van der Waals surface area contributed by atoms with Crippen molar-refractivity contribution in [3.63, 3.8) is 0 Å². The van der Waals surface area contributed by atoms with Gasteiger partial charge in [0.25, 0.3) is 5.91 Å². The van der Waals surface area contributed by atoms with Gasteiger partial charge in [-0.2, -0.15) is 0 Å². The van der Waals surface area contributed by atoms with Crippen molar-refractivity contribution in [3.8, 4) is 0 Å². The molecule has 2 N–H and O–H groups in total. The monoisotopic (exact) mass is 312 g/mol. The third-order valence-electron chi connectivity index (χ3n) is 4.10. The minimum atomic E-state index is -0.245. The molecule has 1 aliphatic rings. The lowest BCUT2D eigenvalue weighted by atomic mass is 9.98. The highest BCUT2D eigenvalue weighted by Gasteiger charge is 2.22. The van der Waals surface area contributed by atoms with E-state index in [1.165, 1.54) is 0 Å². The van der Waals surface area contributed by atoms with Crippen LogP contribution < -0.4 is 10.2 Å². The standard InChI is InChI=1S/C17H20N4O2/c22-12-13-6-10-21(11-7-13)16-14(5-3-9-19-16)20-17(23)15-4-1-2-8-18-15/h1-5,8-9,13,22H,6-7,10-12H2,(H,20,23). The first-order valence-electron chi connectivity index (χ1n) is 7.81. The predicted octanol–water partition coefficient (Wildman–Crippen LogP) is 1.94. The number of rotatable bonds is 4. The van der Waals surface area contributed by atoms with Crippen molar-refractivity contribution in [2.45, 2.75) is 12.8 Å². The normalized spacial score (nSPS) is 15.4. The van der Waals surface area contributed by atoms with Gasteiger partial charge in [0.1, 0.15) is 5.69 Å². The van der Waals surface area contributed by atoms with Crippen molar-refractivity contribution in [3.05, 3.63) is 48.4 Å². The Bertz CT molecular complexity index is 655. The van der Waals surface area contributed by atoms with Crippen LogP contribution in [-0.4, -0.2) is 40.7 Å². The number of hydrogen-bond donors (Lipinski definition) is 2. The van der Waals surface area contributed by atoms with Gasteiger partial charge in [0.05, 0.1) is 5.69 Å². The van der Waals surface area contributed by atoms with E-state index in [1.54, 1.807) is 36.7 Å². The number of nitrogens with zero attached hydrogens (tertiary/aromatic N) is 3. The quantitative estimate of drug-likeness (QED) is 0.902. The highest BCUT2D eigenvalue weighted by molar-refractivity contribution is 6.04. The molecule has 0 aromatic carbocycles. The van der Waals surface area contributed by atoms with Crippen LogP contribution in [0.1, 0.15) is 23.3 Å². The fourth-order valence-electron chi connectivity index (χ4n) is 2.76. The summed E-state index contributed by atoms with van der Waals surface area (Å²) in [5.74, 6) is 0.889. The summed E-state index contributed by atoms with van der Waals surface area (Å²) in [5, 5.41) is 12.1. The van der Waals surface area contributed by atoms with Gasteiger partial charge >= 0.3 is 0 Å². The SMILES string of the molecule is O=C(Nc1cccnc1N1CCC(CO)CC1)c1ccccn1. The molecule has 120 valence electrons. The maximum Gasteiger partial charge on any atom is 0.274 e. The molecular formula is C17H20N4O2. The highest BCUT2D eigenvalue weighted by Crippen LogP contribution is 2.27. The molecule has 1 fully saturated rings. The molecular weight excluding hydrogens is 292 g/mol. The number of pyridine rings is 2. The van der Waals surface area contributed by atoms with Gasteiger partial charge in [0, 0.05) is 32.1 Å². The molecule has 2 aromatic rings. The Morgan fingerprint density at radius 2 is 1.96 bits per heavy atom. The highest BCUT2D eigenvalue weighted by atomic mass is 16.3. The molecule has 23 heavy (non-hydrogen) atoms. The third kappa shape index (κ3) is 3.65. The van der Waals surface area contributed by atoms with Gasteiger partial charge in [-0.1, -0.05) is 6.07 Å². The Hall–Kier alpha value is -2.47. The topological polar surface area (TPSA) is 78.4 Å². The maximum atomic E-state index is 12.3. The van der Waals surface area contributed by atoms with Gasteiger partial charge in [-0.25, -0.2) is 4.98 Å². The van der Waals surface area contributed by atoms with Crippen molar-refractivity contribution in [1.29, 1.82) is 0 Å².